The van der Waals surface area contributed by atoms with Crippen molar-refractivity contribution in [2.75, 3.05) is 5.32 Å². The molecule has 0 bridgehead atoms. The summed E-state index contributed by atoms with van der Waals surface area (Å²) < 4.78 is 12.7. The quantitative estimate of drug-likeness (QED) is 0.201. The molecule has 3 aromatic carbocycles. The van der Waals surface area contributed by atoms with Crippen molar-refractivity contribution in [1.82, 2.24) is 0 Å². The summed E-state index contributed by atoms with van der Waals surface area (Å²) in [6.07, 6.45) is 0.155. The molecule has 1 aliphatic rings. The van der Waals surface area contributed by atoms with Crippen molar-refractivity contribution in [2.24, 2.45) is 5.92 Å². The van der Waals surface area contributed by atoms with Crippen LogP contribution in [0.25, 0.3) is 0 Å². The van der Waals surface area contributed by atoms with Gasteiger partial charge in [-0.15, -0.1) is 0 Å². The highest BCUT2D eigenvalue weighted by molar-refractivity contribution is 9.25. The summed E-state index contributed by atoms with van der Waals surface area (Å²) in [5.41, 5.74) is 1.89. The van der Waals surface area contributed by atoms with Crippen LogP contribution in [0.5, 0.6) is 0 Å². The Hall–Kier alpha value is -1.44. The number of nitrogens with one attached hydrogen (secondary N) is 1. The SMILES string of the molecule is CC(C)(CC(=O)c1cc(NC(=O)C2C(c3cc(Cl)cc(Cl)c3)C2(Br)Br)ccc1Cl)c1ccc(F)cc1. The van der Waals surface area contributed by atoms with Crippen molar-refractivity contribution >= 4 is 84.0 Å². The summed E-state index contributed by atoms with van der Waals surface area (Å²) in [6.45, 7) is 3.83. The van der Waals surface area contributed by atoms with Crippen LogP contribution < -0.4 is 5.32 Å². The van der Waals surface area contributed by atoms with Crippen molar-refractivity contribution in [3.63, 3.8) is 0 Å². The molecule has 3 aromatic rings. The van der Waals surface area contributed by atoms with Gasteiger partial charge in [-0.3, -0.25) is 9.59 Å². The van der Waals surface area contributed by atoms with E-state index in [1.807, 2.05) is 13.8 Å². The van der Waals surface area contributed by atoms with E-state index >= 15 is 0 Å². The lowest BCUT2D eigenvalue weighted by Crippen LogP contribution is -2.22. The van der Waals surface area contributed by atoms with Crippen LogP contribution in [0.3, 0.4) is 0 Å². The number of Topliss-reactive ketones (excluding diaryl/α,β-unsaturated/α-hetero) is 1. The summed E-state index contributed by atoms with van der Waals surface area (Å²) >= 11 is 25.8. The first-order chi connectivity index (χ1) is 16.8. The van der Waals surface area contributed by atoms with Crippen LogP contribution in [0.1, 0.15) is 47.7 Å². The predicted molar refractivity (Wildman–Crippen MR) is 152 cm³/mol. The Kier molecular flexibility index (Phi) is 7.95. The van der Waals surface area contributed by atoms with Crippen molar-refractivity contribution in [1.29, 1.82) is 0 Å². The number of alkyl halides is 2. The molecule has 1 N–H and O–H groups in total. The Morgan fingerprint density at radius 3 is 2.19 bits per heavy atom. The third kappa shape index (κ3) is 5.83. The molecule has 1 fully saturated rings. The maximum atomic E-state index is 13.3. The van der Waals surface area contributed by atoms with E-state index in [1.165, 1.54) is 12.1 Å². The van der Waals surface area contributed by atoms with Crippen molar-refractivity contribution < 1.29 is 14.0 Å². The summed E-state index contributed by atoms with van der Waals surface area (Å²) in [4.78, 5) is 26.4. The molecule has 0 saturated heterocycles. The smallest absolute Gasteiger partial charge is 0.230 e. The van der Waals surface area contributed by atoms with Crippen LogP contribution in [0, 0.1) is 11.7 Å². The minimum atomic E-state index is -0.650. The Labute approximate surface area is 241 Å². The molecule has 0 spiro atoms. The van der Waals surface area contributed by atoms with Gasteiger partial charge in [-0.05, 0) is 65.1 Å². The number of anilines is 1. The van der Waals surface area contributed by atoms with Gasteiger partial charge < -0.3 is 5.32 Å². The number of amides is 1. The van der Waals surface area contributed by atoms with Gasteiger partial charge in [-0.1, -0.05) is 92.6 Å². The van der Waals surface area contributed by atoms with Gasteiger partial charge in [0.15, 0.2) is 5.78 Å². The van der Waals surface area contributed by atoms with E-state index in [0.29, 0.717) is 26.3 Å². The van der Waals surface area contributed by atoms with Crippen LogP contribution >= 0.6 is 66.7 Å². The molecule has 188 valence electrons. The maximum absolute atomic E-state index is 13.3. The second-order valence-corrected chi connectivity index (χ2v) is 14.5. The highest BCUT2D eigenvalue weighted by Crippen LogP contribution is 2.67. The molecule has 1 amide bonds. The zero-order valence-corrected chi connectivity index (χ0v) is 24.7. The molecule has 36 heavy (non-hydrogen) atoms. The largest absolute Gasteiger partial charge is 0.326 e. The number of carbonyl (C=O) groups excluding carboxylic acids is 2. The fourth-order valence-electron chi connectivity index (χ4n) is 4.36. The van der Waals surface area contributed by atoms with Gasteiger partial charge in [-0.25, -0.2) is 4.39 Å². The standard InChI is InChI=1S/C27H21Br2Cl3FNO2/c1-26(2,15-3-5-18(33)6-4-15)13-22(35)20-12-19(7-8-21(20)32)34-25(36)24-23(27(24,28)29)14-9-16(30)11-17(31)10-14/h3-12,23-24H,13H2,1-2H3,(H,34,36). The van der Waals surface area contributed by atoms with Gasteiger partial charge in [0.05, 0.1) is 10.9 Å². The third-order valence-corrected chi connectivity index (χ3v) is 9.08. The second-order valence-electron chi connectivity index (χ2n) is 9.51. The average molecular weight is 677 g/mol. The van der Waals surface area contributed by atoms with Gasteiger partial charge in [0, 0.05) is 33.6 Å². The van der Waals surface area contributed by atoms with E-state index in [1.54, 1.807) is 48.5 Å². The molecule has 1 saturated carbocycles. The topological polar surface area (TPSA) is 46.2 Å². The van der Waals surface area contributed by atoms with E-state index in [9.17, 15) is 14.0 Å². The Balaban J connectivity index is 1.51. The Bertz CT molecular complexity index is 1330. The molecular formula is C27H21Br2Cl3FNO2. The molecule has 4 rings (SSSR count). The lowest BCUT2D eigenvalue weighted by atomic mass is 9.79. The van der Waals surface area contributed by atoms with E-state index in [2.05, 4.69) is 37.2 Å². The Morgan fingerprint density at radius 2 is 1.58 bits per heavy atom. The molecule has 0 aliphatic heterocycles. The average Bonchev–Trinajstić information content (AvgIpc) is 3.36. The molecule has 3 nitrogen and oxygen atoms in total. The van der Waals surface area contributed by atoms with Crippen molar-refractivity contribution in [3.05, 3.63) is 98.2 Å². The fourth-order valence-corrected chi connectivity index (χ4v) is 6.86. The van der Waals surface area contributed by atoms with Crippen LogP contribution in [0.4, 0.5) is 10.1 Å². The molecule has 2 unspecified atom stereocenters. The van der Waals surface area contributed by atoms with E-state index in [0.717, 1.165) is 11.1 Å². The molecule has 0 aromatic heterocycles. The monoisotopic (exact) mass is 673 g/mol. The predicted octanol–water partition coefficient (Wildman–Crippen LogP) is 9.17. The first-order valence-corrected chi connectivity index (χ1v) is 13.7. The van der Waals surface area contributed by atoms with Gasteiger partial charge >= 0.3 is 0 Å². The van der Waals surface area contributed by atoms with Crippen LogP contribution in [0.2, 0.25) is 15.1 Å². The van der Waals surface area contributed by atoms with Crippen LogP contribution in [-0.4, -0.2) is 14.9 Å². The minimum Gasteiger partial charge on any atom is -0.326 e. The number of hydrogen-bond donors (Lipinski definition) is 1. The molecule has 2 atom stereocenters. The van der Waals surface area contributed by atoms with E-state index in [-0.39, 0.29) is 29.8 Å². The highest BCUT2D eigenvalue weighted by atomic mass is 79.9. The maximum Gasteiger partial charge on any atom is 0.230 e. The zero-order valence-electron chi connectivity index (χ0n) is 19.2. The molecular weight excluding hydrogens is 655 g/mol. The lowest BCUT2D eigenvalue weighted by molar-refractivity contribution is -0.117. The first-order valence-electron chi connectivity index (χ1n) is 11.0. The summed E-state index contributed by atoms with van der Waals surface area (Å²) in [5, 5.41) is 4.17. The molecule has 1 aliphatic carbocycles. The van der Waals surface area contributed by atoms with Crippen LogP contribution in [0.15, 0.2) is 60.7 Å². The fraction of sp³-hybridized carbons (Fsp3) is 0.259. The van der Waals surface area contributed by atoms with Gasteiger partial charge in [0.2, 0.25) is 5.91 Å². The van der Waals surface area contributed by atoms with Gasteiger partial charge in [0.25, 0.3) is 0 Å². The van der Waals surface area contributed by atoms with Crippen LogP contribution in [-0.2, 0) is 10.2 Å². The van der Waals surface area contributed by atoms with E-state index in [4.69, 9.17) is 34.8 Å². The summed E-state index contributed by atoms with van der Waals surface area (Å²) in [7, 11) is 0. The minimum absolute atomic E-state index is 0.155. The van der Waals surface area contributed by atoms with E-state index < -0.39 is 14.6 Å². The molecule has 0 heterocycles. The lowest BCUT2D eigenvalue weighted by Gasteiger charge is -2.25. The molecule has 0 radical (unpaired) electrons. The number of rotatable bonds is 7. The summed E-state index contributed by atoms with van der Waals surface area (Å²) in [5.74, 6) is -1.39. The van der Waals surface area contributed by atoms with Crippen molar-refractivity contribution in [2.45, 2.75) is 34.8 Å². The molecule has 9 heteroatoms. The number of ketones is 1. The number of hydrogen-bond acceptors (Lipinski definition) is 2. The normalized spacial score (nSPS) is 18.6. The number of benzene rings is 3. The van der Waals surface area contributed by atoms with Gasteiger partial charge in [0.1, 0.15) is 9.05 Å². The Morgan fingerprint density at radius 1 is 0.972 bits per heavy atom. The first kappa shape index (κ1) is 27.6. The highest BCUT2D eigenvalue weighted by Gasteiger charge is 2.66. The summed E-state index contributed by atoms with van der Waals surface area (Å²) in [6, 6.07) is 16.1. The second kappa shape index (κ2) is 10.4. The third-order valence-electron chi connectivity index (χ3n) is 6.34. The van der Waals surface area contributed by atoms with Gasteiger partial charge in [-0.2, -0.15) is 0 Å². The van der Waals surface area contributed by atoms with Crippen molar-refractivity contribution in [3.8, 4) is 0 Å². The zero-order chi connectivity index (χ0) is 26.4. The number of halogens is 6. The number of carbonyl (C=O) groups is 2.